The van der Waals surface area contributed by atoms with Crippen LogP contribution < -0.4 is 0 Å². The summed E-state index contributed by atoms with van der Waals surface area (Å²) < 4.78 is 2.22. The van der Waals surface area contributed by atoms with Crippen LogP contribution in [0.4, 0.5) is 0 Å². The second kappa shape index (κ2) is 5.91. The van der Waals surface area contributed by atoms with Gasteiger partial charge in [-0.2, -0.15) is 0 Å². The van der Waals surface area contributed by atoms with Crippen LogP contribution in [0.3, 0.4) is 0 Å². The number of nitrogens with zero attached hydrogens (tertiary/aromatic N) is 3. The second-order valence-electron chi connectivity index (χ2n) is 4.24. The van der Waals surface area contributed by atoms with E-state index in [0.29, 0.717) is 6.04 Å². The minimum Gasteiger partial charge on any atom is -0.335 e. The molecule has 86 valence electrons. The molecule has 3 heteroatoms. The molecule has 0 N–H and O–H groups in total. The Kier molecular flexibility index (Phi) is 4.82. The van der Waals surface area contributed by atoms with Crippen molar-refractivity contribution in [1.29, 1.82) is 0 Å². The van der Waals surface area contributed by atoms with Crippen molar-refractivity contribution in [2.24, 2.45) is 0 Å². The first kappa shape index (κ1) is 12.2. The molecule has 0 unspecified atom stereocenters. The highest BCUT2D eigenvalue weighted by atomic mass is 15.1. The second-order valence-corrected chi connectivity index (χ2v) is 4.24. The van der Waals surface area contributed by atoms with Crippen molar-refractivity contribution >= 4 is 0 Å². The molecule has 0 amide bonds. The third kappa shape index (κ3) is 3.67. The first-order valence-corrected chi connectivity index (χ1v) is 5.87. The number of hydrogen-bond donors (Lipinski definition) is 0. The highest BCUT2D eigenvalue weighted by Gasteiger charge is 2.06. The molecule has 1 rings (SSSR count). The smallest absolute Gasteiger partial charge is 0.105 e. The average Bonchev–Trinajstić information content (AvgIpc) is 2.58. The predicted octanol–water partition coefficient (Wildman–Crippen LogP) is 2.31. The lowest BCUT2D eigenvalue weighted by molar-refractivity contribution is 0.226. The maximum Gasteiger partial charge on any atom is 0.105 e. The van der Waals surface area contributed by atoms with Gasteiger partial charge in [-0.15, -0.1) is 0 Å². The number of hydrogen-bond acceptors (Lipinski definition) is 2. The Bertz CT molecular complexity index is 278. The monoisotopic (exact) mass is 209 g/mol. The van der Waals surface area contributed by atoms with Crippen molar-refractivity contribution in [2.75, 3.05) is 13.1 Å². The summed E-state index contributed by atoms with van der Waals surface area (Å²) in [4.78, 5) is 6.71. The fourth-order valence-electron chi connectivity index (χ4n) is 1.87. The highest BCUT2D eigenvalue weighted by molar-refractivity contribution is 4.88. The molecular weight excluding hydrogens is 186 g/mol. The van der Waals surface area contributed by atoms with Crippen molar-refractivity contribution in [2.45, 2.75) is 46.7 Å². The third-order valence-electron chi connectivity index (χ3n) is 2.90. The molecular formula is C12H23N3. The predicted molar refractivity (Wildman–Crippen MR) is 64.0 cm³/mol. The fourth-order valence-corrected chi connectivity index (χ4v) is 1.87. The minimum absolute atomic E-state index is 0.652. The summed E-state index contributed by atoms with van der Waals surface area (Å²) in [5.41, 5.74) is 0. The van der Waals surface area contributed by atoms with Crippen molar-refractivity contribution in [3.63, 3.8) is 0 Å². The SMILES string of the molecule is CCN(CCCn1ccnc1C)C(C)C. The lowest BCUT2D eigenvalue weighted by Gasteiger charge is -2.24. The zero-order chi connectivity index (χ0) is 11.3. The maximum atomic E-state index is 4.22. The molecule has 0 atom stereocenters. The van der Waals surface area contributed by atoms with Crippen molar-refractivity contribution in [3.05, 3.63) is 18.2 Å². The van der Waals surface area contributed by atoms with Crippen LogP contribution >= 0.6 is 0 Å². The van der Waals surface area contributed by atoms with Crippen LogP contribution in [0.2, 0.25) is 0 Å². The number of aryl methyl sites for hydroxylation is 2. The van der Waals surface area contributed by atoms with Crippen molar-refractivity contribution < 1.29 is 0 Å². The first-order valence-electron chi connectivity index (χ1n) is 5.87. The first-order chi connectivity index (χ1) is 7.15. The Hall–Kier alpha value is -0.830. The van der Waals surface area contributed by atoms with Gasteiger partial charge in [0, 0.05) is 31.5 Å². The number of imidazole rings is 1. The fraction of sp³-hybridized carbons (Fsp3) is 0.750. The topological polar surface area (TPSA) is 21.1 Å². The summed E-state index contributed by atoms with van der Waals surface area (Å²) >= 11 is 0. The molecule has 0 saturated carbocycles. The molecule has 0 fully saturated rings. The Morgan fingerprint density at radius 2 is 2.20 bits per heavy atom. The van der Waals surface area contributed by atoms with Crippen LogP contribution in [0.1, 0.15) is 33.0 Å². The summed E-state index contributed by atoms with van der Waals surface area (Å²) in [5.74, 6) is 1.11. The summed E-state index contributed by atoms with van der Waals surface area (Å²) in [6, 6.07) is 0.652. The lowest BCUT2D eigenvalue weighted by Crippen LogP contribution is -2.32. The van der Waals surface area contributed by atoms with Crippen molar-refractivity contribution in [3.8, 4) is 0 Å². The molecule has 0 aliphatic rings. The van der Waals surface area contributed by atoms with E-state index in [1.807, 2.05) is 6.20 Å². The quantitative estimate of drug-likeness (QED) is 0.717. The van der Waals surface area contributed by atoms with Gasteiger partial charge in [0.05, 0.1) is 0 Å². The zero-order valence-electron chi connectivity index (χ0n) is 10.4. The summed E-state index contributed by atoms with van der Waals surface area (Å²) in [6.07, 6.45) is 5.12. The van der Waals surface area contributed by atoms with Gasteiger partial charge in [0.25, 0.3) is 0 Å². The van der Waals surface area contributed by atoms with E-state index in [4.69, 9.17) is 0 Å². The Morgan fingerprint density at radius 3 is 2.67 bits per heavy atom. The van der Waals surface area contributed by atoms with Crippen LogP contribution in [0.15, 0.2) is 12.4 Å². The molecule has 0 aromatic carbocycles. The largest absolute Gasteiger partial charge is 0.335 e. The van der Waals surface area contributed by atoms with E-state index in [1.54, 1.807) is 0 Å². The molecule has 1 aromatic heterocycles. The summed E-state index contributed by atoms with van der Waals surface area (Å²) in [7, 11) is 0. The van der Waals surface area contributed by atoms with E-state index in [9.17, 15) is 0 Å². The summed E-state index contributed by atoms with van der Waals surface area (Å²) in [6.45, 7) is 12.2. The molecule has 1 heterocycles. The van der Waals surface area contributed by atoms with Crippen LogP contribution in [0, 0.1) is 6.92 Å². The zero-order valence-corrected chi connectivity index (χ0v) is 10.4. The maximum absolute atomic E-state index is 4.22. The van der Waals surface area contributed by atoms with Crippen molar-refractivity contribution in [1.82, 2.24) is 14.5 Å². The normalized spacial score (nSPS) is 11.6. The molecule has 0 aliphatic heterocycles. The van der Waals surface area contributed by atoms with E-state index in [1.165, 1.54) is 13.0 Å². The van der Waals surface area contributed by atoms with Gasteiger partial charge in [-0.05, 0) is 33.7 Å². The standard InChI is InChI=1S/C12H23N3/c1-5-14(11(2)3)8-6-9-15-10-7-13-12(15)4/h7,10-11H,5-6,8-9H2,1-4H3. The van der Waals surface area contributed by atoms with Crippen LogP contribution in [0.5, 0.6) is 0 Å². The van der Waals surface area contributed by atoms with E-state index in [-0.39, 0.29) is 0 Å². The van der Waals surface area contributed by atoms with Gasteiger partial charge in [0.2, 0.25) is 0 Å². The molecule has 0 radical (unpaired) electrons. The van der Waals surface area contributed by atoms with Gasteiger partial charge < -0.3 is 9.47 Å². The lowest BCUT2D eigenvalue weighted by atomic mass is 10.3. The molecule has 0 spiro atoms. The molecule has 3 nitrogen and oxygen atoms in total. The number of aromatic nitrogens is 2. The van der Waals surface area contributed by atoms with Gasteiger partial charge >= 0.3 is 0 Å². The van der Waals surface area contributed by atoms with E-state index >= 15 is 0 Å². The van der Waals surface area contributed by atoms with E-state index in [2.05, 4.69) is 48.3 Å². The number of rotatable bonds is 6. The van der Waals surface area contributed by atoms with Gasteiger partial charge in [-0.3, -0.25) is 0 Å². The van der Waals surface area contributed by atoms with Gasteiger partial charge in [0.1, 0.15) is 5.82 Å². The minimum atomic E-state index is 0.652. The Morgan fingerprint density at radius 1 is 1.47 bits per heavy atom. The van der Waals surface area contributed by atoms with Gasteiger partial charge in [-0.1, -0.05) is 6.92 Å². The van der Waals surface area contributed by atoms with Gasteiger partial charge in [-0.25, -0.2) is 4.98 Å². The molecule has 0 aliphatic carbocycles. The molecule has 1 aromatic rings. The van der Waals surface area contributed by atoms with E-state index in [0.717, 1.165) is 18.9 Å². The average molecular weight is 209 g/mol. The van der Waals surface area contributed by atoms with E-state index < -0.39 is 0 Å². The highest BCUT2D eigenvalue weighted by Crippen LogP contribution is 2.02. The molecule has 15 heavy (non-hydrogen) atoms. The van der Waals surface area contributed by atoms with Crippen LogP contribution in [-0.4, -0.2) is 33.6 Å². The van der Waals surface area contributed by atoms with Crippen LogP contribution in [0.25, 0.3) is 0 Å². The van der Waals surface area contributed by atoms with Gasteiger partial charge in [0.15, 0.2) is 0 Å². The molecule has 0 bridgehead atoms. The Labute approximate surface area is 93.1 Å². The molecule has 0 saturated heterocycles. The third-order valence-corrected chi connectivity index (χ3v) is 2.90. The summed E-state index contributed by atoms with van der Waals surface area (Å²) in [5, 5.41) is 0. The Balaban J connectivity index is 2.29. The van der Waals surface area contributed by atoms with Crippen LogP contribution in [-0.2, 0) is 6.54 Å².